The molecular weight excluding hydrogens is 148 g/mol. The standard InChI is InChI=1S/C6H16O3Si/c1-4-6(7)5-10(8-2)9-3/h6-7,10H,4-5H2,1-3H3. The van der Waals surface area contributed by atoms with Crippen molar-refractivity contribution < 1.29 is 14.0 Å². The minimum atomic E-state index is -1.52. The summed E-state index contributed by atoms with van der Waals surface area (Å²) < 4.78 is 10.1. The molecule has 0 heterocycles. The molecule has 0 aromatic carbocycles. The molecule has 0 aromatic rings. The maximum Gasteiger partial charge on any atom is 0.323 e. The second-order valence-electron chi connectivity index (χ2n) is 2.20. The Morgan fingerprint density at radius 1 is 1.40 bits per heavy atom. The molecule has 0 radical (unpaired) electrons. The van der Waals surface area contributed by atoms with Crippen molar-refractivity contribution in [3.63, 3.8) is 0 Å². The van der Waals surface area contributed by atoms with Gasteiger partial charge in [0.1, 0.15) is 0 Å². The molecule has 0 amide bonds. The summed E-state index contributed by atoms with van der Waals surface area (Å²) in [5.41, 5.74) is 0. The van der Waals surface area contributed by atoms with E-state index in [-0.39, 0.29) is 6.10 Å². The van der Waals surface area contributed by atoms with Crippen LogP contribution in [-0.4, -0.2) is 34.7 Å². The molecule has 10 heavy (non-hydrogen) atoms. The van der Waals surface area contributed by atoms with Gasteiger partial charge in [0.05, 0.1) is 6.10 Å². The second-order valence-corrected chi connectivity index (χ2v) is 4.47. The van der Waals surface area contributed by atoms with Crippen molar-refractivity contribution in [2.45, 2.75) is 25.5 Å². The molecule has 0 saturated carbocycles. The SMILES string of the molecule is CCC(O)C[SiH](OC)OC. The monoisotopic (exact) mass is 164 g/mol. The highest BCUT2D eigenvalue weighted by Crippen LogP contribution is 2.02. The Hall–Kier alpha value is 0.0969. The van der Waals surface area contributed by atoms with Crippen molar-refractivity contribution in [1.82, 2.24) is 0 Å². The molecule has 4 heteroatoms. The second kappa shape index (κ2) is 5.85. The van der Waals surface area contributed by atoms with Crippen LogP contribution in [0, 0.1) is 0 Å². The van der Waals surface area contributed by atoms with E-state index in [9.17, 15) is 0 Å². The van der Waals surface area contributed by atoms with Gasteiger partial charge in [-0.3, -0.25) is 0 Å². The fourth-order valence-electron chi connectivity index (χ4n) is 0.677. The third-order valence-corrected chi connectivity index (χ3v) is 3.44. The fourth-order valence-corrected chi connectivity index (χ4v) is 2.03. The van der Waals surface area contributed by atoms with Crippen LogP contribution in [0.4, 0.5) is 0 Å². The van der Waals surface area contributed by atoms with Gasteiger partial charge in [0, 0.05) is 20.3 Å². The van der Waals surface area contributed by atoms with Gasteiger partial charge >= 0.3 is 9.28 Å². The molecule has 1 atom stereocenters. The quantitative estimate of drug-likeness (QED) is 0.593. The van der Waals surface area contributed by atoms with Crippen LogP contribution in [0.5, 0.6) is 0 Å². The Morgan fingerprint density at radius 2 is 1.90 bits per heavy atom. The van der Waals surface area contributed by atoms with Gasteiger partial charge in [-0.2, -0.15) is 0 Å². The Balaban J connectivity index is 3.41. The number of rotatable bonds is 5. The van der Waals surface area contributed by atoms with Crippen molar-refractivity contribution in [2.24, 2.45) is 0 Å². The summed E-state index contributed by atoms with van der Waals surface area (Å²) in [5.74, 6) is 0. The Kier molecular flexibility index (Phi) is 5.91. The van der Waals surface area contributed by atoms with E-state index in [1.165, 1.54) is 0 Å². The van der Waals surface area contributed by atoms with Gasteiger partial charge < -0.3 is 14.0 Å². The van der Waals surface area contributed by atoms with Gasteiger partial charge in [-0.1, -0.05) is 6.92 Å². The van der Waals surface area contributed by atoms with Crippen LogP contribution in [0.2, 0.25) is 6.04 Å². The third kappa shape index (κ3) is 4.00. The van der Waals surface area contributed by atoms with Gasteiger partial charge in [-0.25, -0.2) is 0 Å². The first-order valence-corrected chi connectivity index (χ1v) is 5.24. The zero-order valence-corrected chi connectivity index (χ0v) is 7.99. The fraction of sp³-hybridized carbons (Fsp3) is 1.00. The molecular formula is C6H16O3Si. The van der Waals surface area contributed by atoms with Crippen molar-refractivity contribution in [2.75, 3.05) is 14.2 Å². The molecule has 1 N–H and O–H groups in total. The topological polar surface area (TPSA) is 38.7 Å². The lowest BCUT2D eigenvalue weighted by molar-refractivity contribution is 0.171. The molecule has 0 aromatic heterocycles. The number of aliphatic hydroxyl groups is 1. The molecule has 0 aliphatic rings. The van der Waals surface area contributed by atoms with E-state index in [1.54, 1.807) is 14.2 Å². The normalized spacial score (nSPS) is 14.1. The van der Waals surface area contributed by atoms with Gasteiger partial charge in [0.2, 0.25) is 0 Å². The summed E-state index contributed by atoms with van der Waals surface area (Å²) in [6.07, 6.45) is 0.521. The molecule has 3 nitrogen and oxygen atoms in total. The van der Waals surface area contributed by atoms with E-state index in [0.29, 0.717) is 6.04 Å². The molecule has 1 unspecified atom stereocenters. The molecule has 0 bridgehead atoms. The third-order valence-electron chi connectivity index (χ3n) is 1.46. The van der Waals surface area contributed by atoms with Crippen LogP contribution in [-0.2, 0) is 8.85 Å². The molecule has 0 fully saturated rings. The zero-order chi connectivity index (χ0) is 7.98. The smallest absolute Gasteiger partial charge is 0.323 e. The summed E-state index contributed by atoms with van der Waals surface area (Å²) in [6.45, 7) is 1.95. The first kappa shape index (κ1) is 10.1. The highest BCUT2D eigenvalue weighted by molar-refractivity contribution is 6.44. The zero-order valence-electron chi connectivity index (χ0n) is 6.83. The predicted octanol–water partition coefficient (Wildman–Crippen LogP) is 0.271. The average molecular weight is 164 g/mol. The van der Waals surface area contributed by atoms with E-state index in [0.717, 1.165) is 6.42 Å². The highest BCUT2D eigenvalue weighted by atomic mass is 28.3. The summed E-state index contributed by atoms with van der Waals surface area (Å²) in [7, 11) is 1.74. The van der Waals surface area contributed by atoms with Crippen LogP contribution in [0.25, 0.3) is 0 Å². The molecule has 0 rings (SSSR count). The highest BCUT2D eigenvalue weighted by Gasteiger charge is 2.13. The number of aliphatic hydroxyl groups excluding tert-OH is 1. The van der Waals surface area contributed by atoms with E-state index in [1.807, 2.05) is 6.92 Å². The summed E-state index contributed by atoms with van der Waals surface area (Å²) in [4.78, 5) is 0. The van der Waals surface area contributed by atoms with Gasteiger partial charge in [0.25, 0.3) is 0 Å². The van der Waals surface area contributed by atoms with Crippen LogP contribution < -0.4 is 0 Å². The van der Waals surface area contributed by atoms with Crippen molar-refractivity contribution in [3.05, 3.63) is 0 Å². The van der Waals surface area contributed by atoms with E-state index >= 15 is 0 Å². The minimum Gasteiger partial charge on any atom is -0.400 e. The molecule has 0 aliphatic heterocycles. The van der Waals surface area contributed by atoms with Gasteiger partial charge in [-0.15, -0.1) is 0 Å². The number of hydrogen-bond acceptors (Lipinski definition) is 3. The van der Waals surface area contributed by atoms with Gasteiger partial charge in [-0.05, 0) is 6.42 Å². The lowest BCUT2D eigenvalue weighted by atomic mass is 10.3. The molecule has 0 saturated heterocycles. The van der Waals surface area contributed by atoms with Crippen molar-refractivity contribution in [1.29, 1.82) is 0 Å². The van der Waals surface area contributed by atoms with Crippen LogP contribution in [0.3, 0.4) is 0 Å². The molecule has 0 spiro atoms. The Labute approximate surface area is 63.8 Å². The Morgan fingerprint density at radius 3 is 2.20 bits per heavy atom. The molecule has 0 aliphatic carbocycles. The predicted molar refractivity (Wildman–Crippen MR) is 42.3 cm³/mol. The summed E-state index contributed by atoms with van der Waals surface area (Å²) in [6, 6.07) is 0.684. The number of hydrogen-bond donors (Lipinski definition) is 1. The van der Waals surface area contributed by atoms with E-state index in [2.05, 4.69) is 0 Å². The lowest BCUT2D eigenvalue weighted by Crippen LogP contribution is -2.24. The van der Waals surface area contributed by atoms with Crippen LogP contribution >= 0.6 is 0 Å². The first-order chi connectivity index (χ1) is 4.74. The molecule has 62 valence electrons. The average Bonchev–Trinajstić information content (AvgIpc) is 1.99. The van der Waals surface area contributed by atoms with Crippen LogP contribution in [0.1, 0.15) is 13.3 Å². The van der Waals surface area contributed by atoms with Crippen molar-refractivity contribution in [3.8, 4) is 0 Å². The van der Waals surface area contributed by atoms with Gasteiger partial charge in [0.15, 0.2) is 0 Å². The maximum atomic E-state index is 9.17. The first-order valence-electron chi connectivity index (χ1n) is 3.48. The van der Waals surface area contributed by atoms with Crippen LogP contribution in [0.15, 0.2) is 0 Å². The minimum absolute atomic E-state index is 0.253. The summed E-state index contributed by atoms with van der Waals surface area (Å²) in [5, 5.41) is 9.17. The largest absolute Gasteiger partial charge is 0.400 e. The lowest BCUT2D eigenvalue weighted by Gasteiger charge is -2.13. The van der Waals surface area contributed by atoms with E-state index < -0.39 is 9.28 Å². The summed E-state index contributed by atoms with van der Waals surface area (Å²) >= 11 is 0. The van der Waals surface area contributed by atoms with E-state index in [4.69, 9.17) is 14.0 Å². The van der Waals surface area contributed by atoms with Crippen molar-refractivity contribution >= 4 is 9.28 Å². The maximum absolute atomic E-state index is 9.17. The Bertz CT molecular complexity index is 75.4.